The number of aromatic nitrogens is 1. The zero-order valence-corrected chi connectivity index (χ0v) is 16.1. The van der Waals surface area contributed by atoms with Gasteiger partial charge in [-0.05, 0) is 63.3 Å². The van der Waals surface area contributed by atoms with Crippen LogP contribution in [0.2, 0.25) is 0 Å². The lowest BCUT2D eigenvalue weighted by Crippen LogP contribution is -2.45. The van der Waals surface area contributed by atoms with Crippen LogP contribution in [0.4, 0.5) is 5.69 Å². The van der Waals surface area contributed by atoms with Crippen LogP contribution in [0.1, 0.15) is 61.6 Å². The van der Waals surface area contributed by atoms with Crippen molar-refractivity contribution in [1.29, 1.82) is 0 Å². The van der Waals surface area contributed by atoms with E-state index in [9.17, 15) is 14.4 Å². The first kappa shape index (κ1) is 17.8. The summed E-state index contributed by atoms with van der Waals surface area (Å²) < 4.78 is 4.87. The Morgan fingerprint density at radius 2 is 1.93 bits per heavy atom. The summed E-state index contributed by atoms with van der Waals surface area (Å²) in [7, 11) is 1.33. The van der Waals surface area contributed by atoms with E-state index in [2.05, 4.69) is 4.98 Å². The number of aromatic amines is 1. The largest absolute Gasteiger partial charge is 0.467 e. The van der Waals surface area contributed by atoms with E-state index >= 15 is 0 Å². The molecule has 4 rings (SSSR count). The van der Waals surface area contributed by atoms with Crippen molar-refractivity contribution in [2.75, 3.05) is 12.0 Å². The number of rotatable bonds is 2. The van der Waals surface area contributed by atoms with Gasteiger partial charge in [-0.2, -0.15) is 0 Å². The molecular weight excluding hydrogens is 344 g/mol. The number of ether oxygens (including phenoxy) is 1. The van der Waals surface area contributed by atoms with Crippen LogP contribution in [0.15, 0.2) is 12.1 Å². The van der Waals surface area contributed by atoms with Crippen LogP contribution in [0.3, 0.4) is 0 Å². The zero-order chi connectivity index (χ0) is 19.5. The second kappa shape index (κ2) is 5.94. The van der Waals surface area contributed by atoms with E-state index in [4.69, 9.17) is 4.74 Å². The van der Waals surface area contributed by atoms with Crippen LogP contribution in [-0.4, -0.2) is 35.8 Å². The van der Waals surface area contributed by atoms with Crippen molar-refractivity contribution in [1.82, 2.24) is 4.98 Å². The molecule has 1 aromatic carbocycles. The van der Waals surface area contributed by atoms with Gasteiger partial charge in [-0.25, -0.2) is 4.79 Å². The first-order chi connectivity index (χ1) is 12.8. The molecule has 0 radical (unpaired) electrons. The minimum Gasteiger partial charge on any atom is -0.467 e. The van der Waals surface area contributed by atoms with Gasteiger partial charge in [-0.15, -0.1) is 0 Å². The monoisotopic (exact) mass is 368 g/mol. The normalized spacial score (nSPS) is 19.6. The summed E-state index contributed by atoms with van der Waals surface area (Å²) in [6.07, 6.45) is 3.26. The number of fused-ring (bicyclic) bond motifs is 4. The summed E-state index contributed by atoms with van der Waals surface area (Å²) in [5.74, 6) is -0.422. The van der Waals surface area contributed by atoms with E-state index < -0.39 is 17.4 Å². The van der Waals surface area contributed by atoms with Gasteiger partial charge in [0, 0.05) is 23.0 Å². The van der Waals surface area contributed by atoms with Crippen molar-refractivity contribution in [2.45, 2.75) is 57.9 Å². The average Bonchev–Trinajstić information content (AvgIpc) is 3.01. The maximum atomic E-state index is 13.1. The molecule has 27 heavy (non-hydrogen) atoms. The fourth-order valence-electron chi connectivity index (χ4n) is 4.38. The molecule has 1 aliphatic heterocycles. The van der Waals surface area contributed by atoms with E-state index in [0.717, 1.165) is 47.0 Å². The molecule has 0 bridgehead atoms. The zero-order valence-electron chi connectivity index (χ0n) is 16.1. The molecule has 0 fully saturated rings. The first-order valence-electron chi connectivity index (χ1n) is 9.41. The number of anilines is 1. The smallest absolute Gasteiger partial charge is 0.328 e. The molecule has 142 valence electrons. The Balaban J connectivity index is 1.95. The lowest BCUT2D eigenvalue weighted by molar-refractivity contribution is -0.143. The third-order valence-corrected chi connectivity index (χ3v) is 6.00. The molecule has 1 unspecified atom stereocenters. The lowest BCUT2D eigenvalue weighted by Gasteiger charge is -2.25. The fourth-order valence-corrected chi connectivity index (χ4v) is 4.38. The van der Waals surface area contributed by atoms with Crippen LogP contribution in [0.5, 0.6) is 0 Å². The summed E-state index contributed by atoms with van der Waals surface area (Å²) in [5, 5.41) is 0.964. The summed E-state index contributed by atoms with van der Waals surface area (Å²) in [4.78, 5) is 42.5. The van der Waals surface area contributed by atoms with Crippen LogP contribution < -0.4 is 4.90 Å². The molecule has 6 nitrogen and oxygen atoms in total. The van der Waals surface area contributed by atoms with E-state index in [1.54, 1.807) is 11.8 Å². The number of nitrogens with one attached hydrogen (secondary N) is 1. The van der Waals surface area contributed by atoms with Gasteiger partial charge in [0.15, 0.2) is 5.78 Å². The molecule has 1 N–H and O–H groups in total. The van der Waals surface area contributed by atoms with E-state index in [-0.39, 0.29) is 11.7 Å². The number of carbonyl (C=O) groups excluding carboxylic acids is 3. The molecule has 1 atom stereocenters. The highest BCUT2D eigenvalue weighted by Crippen LogP contribution is 2.45. The van der Waals surface area contributed by atoms with Gasteiger partial charge in [0.05, 0.1) is 18.2 Å². The Labute approximate surface area is 157 Å². The molecule has 0 saturated carbocycles. The molecule has 0 saturated heterocycles. The number of hydrogen-bond donors (Lipinski definition) is 1. The number of amides is 1. The Hall–Kier alpha value is -2.63. The molecule has 2 aromatic rings. The Kier molecular flexibility index (Phi) is 3.91. The average molecular weight is 368 g/mol. The number of methoxy groups -OCH3 is 1. The quantitative estimate of drug-likeness (QED) is 0.652. The maximum absolute atomic E-state index is 13.1. The van der Waals surface area contributed by atoms with Crippen LogP contribution in [0.25, 0.3) is 10.9 Å². The van der Waals surface area contributed by atoms with Crippen molar-refractivity contribution >= 4 is 34.3 Å². The molecule has 2 heterocycles. The minimum absolute atomic E-state index is 0.120. The second-order valence-electron chi connectivity index (χ2n) is 8.02. The predicted molar refractivity (Wildman–Crippen MR) is 102 cm³/mol. The number of H-pyrrole nitrogens is 1. The Morgan fingerprint density at radius 3 is 2.63 bits per heavy atom. The molecule has 1 aromatic heterocycles. The first-order valence-corrected chi connectivity index (χ1v) is 9.41. The number of nitrogens with zero attached hydrogens (tertiary/aromatic N) is 1. The minimum atomic E-state index is -0.752. The van der Waals surface area contributed by atoms with Gasteiger partial charge in [0.2, 0.25) is 5.91 Å². The number of Topliss-reactive ketones (excluding diaryl/α,β-unsaturated/α-hetero) is 1. The number of hydrogen-bond acceptors (Lipinski definition) is 4. The number of aryl methyl sites for hydroxylation is 1. The SMILES string of the molecule is COC(=O)C(C)N1C(=O)C(C)(C)c2cc3[nH]c4c(c3cc21)CCCCC4=O. The third-order valence-electron chi connectivity index (χ3n) is 6.00. The van der Waals surface area contributed by atoms with Gasteiger partial charge in [-0.1, -0.05) is 0 Å². The lowest BCUT2D eigenvalue weighted by atomic mass is 9.85. The van der Waals surface area contributed by atoms with Crippen LogP contribution in [0, 0.1) is 0 Å². The Bertz CT molecular complexity index is 986. The summed E-state index contributed by atoms with van der Waals surface area (Å²) in [5.41, 5.74) is 3.44. The van der Waals surface area contributed by atoms with Crippen molar-refractivity contribution in [3.8, 4) is 0 Å². The molecule has 1 aliphatic carbocycles. The molecule has 0 spiro atoms. The highest BCUT2D eigenvalue weighted by molar-refractivity contribution is 6.13. The van der Waals surface area contributed by atoms with E-state index in [1.807, 2.05) is 26.0 Å². The molecular formula is C21H24N2O4. The summed E-state index contributed by atoms with van der Waals surface area (Å²) in [6.45, 7) is 5.41. The summed E-state index contributed by atoms with van der Waals surface area (Å²) >= 11 is 0. The predicted octanol–water partition coefficient (Wildman–Crippen LogP) is 3.26. The van der Waals surface area contributed by atoms with Crippen molar-refractivity contribution < 1.29 is 19.1 Å². The van der Waals surface area contributed by atoms with Crippen molar-refractivity contribution in [2.24, 2.45) is 0 Å². The number of carbonyl (C=O) groups is 3. The van der Waals surface area contributed by atoms with E-state index in [1.165, 1.54) is 7.11 Å². The van der Waals surface area contributed by atoms with Crippen LogP contribution >= 0.6 is 0 Å². The van der Waals surface area contributed by atoms with Gasteiger partial charge < -0.3 is 9.72 Å². The van der Waals surface area contributed by atoms with Gasteiger partial charge in [0.25, 0.3) is 0 Å². The van der Waals surface area contributed by atoms with Crippen molar-refractivity contribution in [3.05, 3.63) is 29.0 Å². The number of esters is 1. The maximum Gasteiger partial charge on any atom is 0.328 e. The van der Waals surface area contributed by atoms with Crippen molar-refractivity contribution in [3.63, 3.8) is 0 Å². The fraction of sp³-hybridized carbons (Fsp3) is 0.476. The van der Waals surface area contributed by atoms with Gasteiger partial charge in [-0.3, -0.25) is 14.5 Å². The Morgan fingerprint density at radius 1 is 1.22 bits per heavy atom. The number of ketones is 1. The standard InChI is InChI=1S/C21H24N2O4/c1-11(19(25)27-4)23-16-9-13-12-7-5-6-8-17(24)18(12)22-15(13)10-14(16)21(2,3)20(23)26/h9-11,22H,5-8H2,1-4H3. The van der Waals surface area contributed by atoms with E-state index in [0.29, 0.717) is 12.1 Å². The number of benzene rings is 1. The second-order valence-corrected chi connectivity index (χ2v) is 8.02. The van der Waals surface area contributed by atoms with Gasteiger partial charge >= 0.3 is 5.97 Å². The highest BCUT2D eigenvalue weighted by Gasteiger charge is 2.47. The topological polar surface area (TPSA) is 79.5 Å². The molecule has 6 heteroatoms. The molecule has 2 aliphatic rings. The summed E-state index contributed by atoms with van der Waals surface area (Å²) in [6, 6.07) is 3.22. The van der Waals surface area contributed by atoms with Gasteiger partial charge in [0.1, 0.15) is 6.04 Å². The third kappa shape index (κ3) is 2.42. The molecule has 1 amide bonds. The van der Waals surface area contributed by atoms with Crippen LogP contribution in [-0.2, 0) is 26.2 Å². The highest BCUT2D eigenvalue weighted by atomic mass is 16.5.